The van der Waals surface area contributed by atoms with Gasteiger partial charge in [-0.15, -0.1) is 0 Å². The second-order valence-electron chi connectivity index (χ2n) is 5.73. The molecule has 4 nitrogen and oxygen atoms in total. The van der Waals surface area contributed by atoms with Crippen LogP contribution in [0.25, 0.3) is 6.08 Å². The van der Waals surface area contributed by atoms with E-state index in [1.54, 1.807) is 43.3 Å². The molecule has 2 aromatic rings. The van der Waals surface area contributed by atoms with Gasteiger partial charge in [-0.1, -0.05) is 77.5 Å². The van der Waals surface area contributed by atoms with Gasteiger partial charge in [-0.05, 0) is 36.8 Å². The molecular formula is C19H14Cl2N2O2S2. The van der Waals surface area contributed by atoms with E-state index < -0.39 is 6.04 Å². The summed E-state index contributed by atoms with van der Waals surface area (Å²) in [5, 5.41) is 3.54. The minimum absolute atomic E-state index is 0.320. The first-order valence-corrected chi connectivity index (χ1v) is 9.93. The lowest BCUT2D eigenvalue weighted by Crippen LogP contribution is -2.44. The normalized spacial score (nSPS) is 16.7. The van der Waals surface area contributed by atoms with Crippen LogP contribution >= 0.6 is 47.2 Å². The summed E-state index contributed by atoms with van der Waals surface area (Å²) in [7, 11) is 0. The number of hydrogen-bond acceptors (Lipinski definition) is 4. The highest BCUT2D eigenvalue weighted by molar-refractivity contribution is 8.26. The van der Waals surface area contributed by atoms with E-state index in [9.17, 15) is 9.59 Å². The van der Waals surface area contributed by atoms with E-state index in [-0.39, 0.29) is 11.8 Å². The van der Waals surface area contributed by atoms with Gasteiger partial charge in [-0.25, -0.2) is 0 Å². The molecule has 0 aliphatic carbocycles. The van der Waals surface area contributed by atoms with Gasteiger partial charge in [0.05, 0.1) is 15.0 Å². The number of carbonyl (C=O) groups is 2. The van der Waals surface area contributed by atoms with Crippen molar-refractivity contribution in [1.29, 1.82) is 0 Å². The van der Waals surface area contributed by atoms with Crippen LogP contribution in [0, 0.1) is 0 Å². The number of nitrogens with zero attached hydrogens (tertiary/aromatic N) is 1. The molecule has 8 heteroatoms. The molecule has 0 radical (unpaired) electrons. The van der Waals surface area contributed by atoms with Gasteiger partial charge < -0.3 is 5.32 Å². The summed E-state index contributed by atoms with van der Waals surface area (Å²) in [6.07, 6.45) is 1.63. The number of para-hydroxylation sites is 1. The highest BCUT2D eigenvalue weighted by Crippen LogP contribution is 2.36. The van der Waals surface area contributed by atoms with Gasteiger partial charge in [-0.2, -0.15) is 0 Å². The first kappa shape index (κ1) is 19.9. The van der Waals surface area contributed by atoms with E-state index in [1.165, 1.54) is 4.90 Å². The molecule has 2 aromatic carbocycles. The molecule has 1 N–H and O–H groups in total. The monoisotopic (exact) mass is 436 g/mol. The van der Waals surface area contributed by atoms with Crippen LogP contribution in [0.3, 0.4) is 0 Å². The Morgan fingerprint density at radius 3 is 2.59 bits per heavy atom. The summed E-state index contributed by atoms with van der Waals surface area (Å²) < 4.78 is 0.320. The van der Waals surface area contributed by atoms with Crippen LogP contribution in [0.1, 0.15) is 12.5 Å². The van der Waals surface area contributed by atoms with Crippen molar-refractivity contribution in [2.75, 3.05) is 5.32 Å². The molecule has 1 unspecified atom stereocenters. The van der Waals surface area contributed by atoms with Crippen molar-refractivity contribution in [3.8, 4) is 0 Å². The Balaban J connectivity index is 1.80. The minimum Gasteiger partial charge on any atom is -0.324 e. The standard InChI is InChI=1S/C19H14Cl2N2O2S2/c1-11(17(24)22-13-7-3-2-4-8-13)23-18(25)15(27-19(23)26)10-12-6-5-9-14(20)16(12)21/h2-11H,1H3,(H,22,24)/b15-10-. The maximum absolute atomic E-state index is 12.8. The molecule has 1 fully saturated rings. The number of thiocarbonyl (C=S) groups is 1. The molecule has 138 valence electrons. The third-order valence-corrected chi connectivity index (χ3v) is 6.06. The minimum atomic E-state index is -0.751. The van der Waals surface area contributed by atoms with E-state index in [4.69, 9.17) is 35.4 Å². The van der Waals surface area contributed by atoms with Gasteiger partial charge in [0.1, 0.15) is 10.4 Å². The first-order chi connectivity index (χ1) is 12.9. The number of benzene rings is 2. The molecule has 0 aromatic heterocycles. The van der Waals surface area contributed by atoms with E-state index in [0.29, 0.717) is 30.5 Å². The van der Waals surface area contributed by atoms with E-state index in [2.05, 4.69) is 5.32 Å². The summed E-state index contributed by atoms with van der Waals surface area (Å²) in [6, 6.07) is 13.5. The van der Waals surface area contributed by atoms with Crippen molar-refractivity contribution < 1.29 is 9.59 Å². The van der Waals surface area contributed by atoms with Gasteiger partial charge in [0.15, 0.2) is 0 Å². The lowest BCUT2D eigenvalue weighted by Gasteiger charge is -2.22. The largest absolute Gasteiger partial charge is 0.324 e. The fourth-order valence-corrected chi connectivity index (χ4v) is 4.24. The number of hydrogen-bond donors (Lipinski definition) is 1. The van der Waals surface area contributed by atoms with Crippen LogP contribution in [0.15, 0.2) is 53.4 Å². The summed E-state index contributed by atoms with van der Waals surface area (Å²) in [5.41, 5.74) is 1.27. The predicted molar refractivity (Wildman–Crippen MR) is 116 cm³/mol. The molecule has 2 amide bonds. The Labute approximate surface area is 176 Å². The molecule has 0 spiro atoms. The number of halogens is 2. The summed E-state index contributed by atoms with van der Waals surface area (Å²) in [6.45, 7) is 1.64. The molecule has 3 rings (SSSR count). The van der Waals surface area contributed by atoms with Crippen molar-refractivity contribution in [3.05, 3.63) is 69.0 Å². The Hall–Kier alpha value is -1.86. The van der Waals surface area contributed by atoms with Crippen LogP contribution in [-0.4, -0.2) is 27.1 Å². The van der Waals surface area contributed by atoms with E-state index in [0.717, 1.165) is 11.8 Å². The number of rotatable bonds is 4. The summed E-state index contributed by atoms with van der Waals surface area (Å²) >= 11 is 18.7. The Morgan fingerprint density at radius 1 is 1.19 bits per heavy atom. The Kier molecular flexibility index (Phi) is 6.22. The Morgan fingerprint density at radius 2 is 1.89 bits per heavy atom. The van der Waals surface area contributed by atoms with Gasteiger partial charge in [-0.3, -0.25) is 14.5 Å². The summed E-state index contributed by atoms with van der Waals surface area (Å²) in [4.78, 5) is 27.0. The molecule has 1 aliphatic heterocycles. The van der Waals surface area contributed by atoms with Gasteiger partial charge >= 0.3 is 0 Å². The second-order valence-corrected chi connectivity index (χ2v) is 8.19. The SMILES string of the molecule is CC(C(=O)Nc1ccccc1)N1C(=O)/C(=C/c2cccc(Cl)c2Cl)SC1=S. The van der Waals surface area contributed by atoms with Crippen LogP contribution < -0.4 is 5.32 Å². The van der Waals surface area contributed by atoms with Crippen LogP contribution in [-0.2, 0) is 9.59 Å². The highest BCUT2D eigenvalue weighted by Gasteiger charge is 2.38. The molecule has 1 atom stereocenters. The maximum Gasteiger partial charge on any atom is 0.266 e. The first-order valence-electron chi connectivity index (χ1n) is 7.95. The van der Waals surface area contributed by atoms with E-state index >= 15 is 0 Å². The molecule has 1 heterocycles. The number of thioether (sulfide) groups is 1. The predicted octanol–water partition coefficient (Wildman–Crippen LogP) is 5.22. The maximum atomic E-state index is 12.8. The zero-order valence-corrected chi connectivity index (χ0v) is 17.3. The zero-order chi connectivity index (χ0) is 19.6. The van der Waals surface area contributed by atoms with Crippen molar-refractivity contribution >= 4 is 75.1 Å². The van der Waals surface area contributed by atoms with Gasteiger partial charge in [0.2, 0.25) is 5.91 Å². The zero-order valence-electron chi connectivity index (χ0n) is 14.1. The summed E-state index contributed by atoms with van der Waals surface area (Å²) in [5.74, 6) is -0.656. The topological polar surface area (TPSA) is 49.4 Å². The molecule has 1 aliphatic rings. The van der Waals surface area contributed by atoms with Crippen molar-refractivity contribution in [1.82, 2.24) is 4.90 Å². The molecular weight excluding hydrogens is 423 g/mol. The fraction of sp³-hybridized carbons (Fsp3) is 0.105. The molecule has 27 heavy (non-hydrogen) atoms. The third-order valence-electron chi connectivity index (χ3n) is 3.90. The number of amides is 2. The van der Waals surface area contributed by atoms with E-state index in [1.807, 2.05) is 18.2 Å². The number of nitrogens with one attached hydrogen (secondary N) is 1. The number of carbonyl (C=O) groups excluding carboxylic acids is 2. The van der Waals surface area contributed by atoms with Crippen LogP contribution in [0.4, 0.5) is 5.69 Å². The second kappa shape index (κ2) is 8.44. The average Bonchev–Trinajstić information content (AvgIpc) is 2.92. The quantitative estimate of drug-likeness (QED) is 0.526. The van der Waals surface area contributed by atoms with Crippen molar-refractivity contribution in [3.63, 3.8) is 0 Å². The lowest BCUT2D eigenvalue weighted by molar-refractivity contribution is -0.129. The molecule has 0 saturated carbocycles. The third kappa shape index (κ3) is 4.35. The van der Waals surface area contributed by atoms with Gasteiger partial charge in [0, 0.05) is 5.69 Å². The van der Waals surface area contributed by atoms with Crippen LogP contribution in [0.5, 0.6) is 0 Å². The fourth-order valence-electron chi connectivity index (χ4n) is 2.47. The Bertz CT molecular complexity index is 948. The van der Waals surface area contributed by atoms with Crippen molar-refractivity contribution in [2.24, 2.45) is 0 Å². The average molecular weight is 437 g/mol. The molecule has 0 bridgehead atoms. The van der Waals surface area contributed by atoms with Crippen molar-refractivity contribution in [2.45, 2.75) is 13.0 Å². The smallest absolute Gasteiger partial charge is 0.266 e. The highest BCUT2D eigenvalue weighted by atomic mass is 35.5. The van der Waals surface area contributed by atoms with Crippen LogP contribution in [0.2, 0.25) is 10.0 Å². The molecule has 1 saturated heterocycles. The van der Waals surface area contributed by atoms with Gasteiger partial charge in [0.25, 0.3) is 5.91 Å². The number of anilines is 1. The lowest BCUT2D eigenvalue weighted by atomic mass is 10.2.